The van der Waals surface area contributed by atoms with Gasteiger partial charge in [-0.3, -0.25) is 4.79 Å². The van der Waals surface area contributed by atoms with Crippen molar-refractivity contribution in [3.8, 4) is 0 Å². The molecule has 0 spiro atoms. The van der Waals surface area contributed by atoms with Crippen molar-refractivity contribution in [1.82, 2.24) is 15.1 Å². The Morgan fingerprint density at radius 3 is 1.96 bits per heavy atom. The van der Waals surface area contributed by atoms with Crippen LogP contribution in [0.2, 0.25) is 5.02 Å². The van der Waals surface area contributed by atoms with Crippen molar-refractivity contribution in [1.29, 1.82) is 0 Å². The molecule has 2 aliphatic heterocycles. The summed E-state index contributed by atoms with van der Waals surface area (Å²) in [5, 5.41) is 9.29. The van der Waals surface area contributed by atoms with E-state index in [1.807, 2.05) is 23.1 Å². The number of rotatable bonds is 3. The highest BCUT2D eigenvalue weighted by Crippen LogP contribution is 2.21. The highest BCUT2D eigenvalue weighted by atomic mass is 35.5. The second-order valence-electron chi connectivity index (χ2n) is 6.70. The van der Waals surface area contributed by atoms with Crippen LogP contribution in [0.3, 0.4) is 0 Å². The summed E-state index contributed by atoms with van der Waals surface area (Å²) in [5.41, 5.74) is 0.567. The standard InChI is InChI=1S/C19H22ClN5O/c20-16-6-2-1-5-15(16)19(26)25-13-11-24(12-14-25)18-8-7-17(21-22-18)23-9-3-4-10-23/h1-2,5-8H,3-4,9-14H2. The van der Waals surface area contributed by atoms with Crippen molar-refractivity contribution in [3.05, 3.63) is 47.0 Å². The normalized spacial score (nSPS) is 17.7. The second-order valence-corrected chi connectivity index (χ2v) is 7.11. The van der Waals surface area contributed by atoms with Crippen molar-refractivity contribution < 1.29 is 4.79 Å². The number of anilines is 2. The van der Waals surface area contributed by atoms with Gasteiger partial charge in [0.25, 0.3) is 5.91 Å². The number of halogens is 1. The number of benzene rings is 1. The van der Waals surface area contributed by atoms with Gasteiger partial charge in [-0.15, -0.1) is 10.2 Å². The van der Waals surface area contributed by atoms with E-state index in [0.717, 1.165) is 37.8 Å². The van der Waals surface area contributed by atoms with Crippen LogP contribution in [0.1, 0.15) is 23.2 Å². The molecule has 1 aromatic carbocycles. The fraction of sp³-hybridized carbons (Fsp3) is 0.421. The van der Waals surface area contributed by atoms with Crippen LogP contribution in [0.5, 0.6) is 0 Å². The van der Waals surface area contributed by atoms with Crippen LogP contribution in [0.15, 0.2) is 36.4 Å². The van der Waals surface area contributed by atoms with Crippen LogP contribution >= 0.6 is 11.6 Å². The maximum atomic E-state index is 12.6. The molecule has 2 fully saturated rings. The van der Waals surface area contributed by atoms with Gasteiger partial charge in [0.05, 0.1) is 10.6 Å². The molecule has 0 radical (unpaired) electrons. The number of piperazine rings is 1. The Labute approximate surface area is 158 Å². The highest BCUT2D eigenvalue weighted by Gasteiger charge is 2.24. The first-order valence-electron chi connectivity index (χ1n) is 9.10. The molecule has 0 aliphatic carbocycles. The molecule has 26 heavy (non-hydrogen) atoms. The number of amides is 1. The molecule has 3 heterocycles. The first-order chi connectivity index (χ1) is 12.7. The van der Waals surface area contributed by atoms with E-state index in [1.165, 1.54) is 12.8 Å². The summed E-state index contributed by atoms with van der Waals surface area (Å²) < 4.78 is 0. The number of carbonyl (C=O) groups excluding carboxylic acids is 1. The predicted molar refractivity (Wildman–Crippen MR) is 103 cm³/mol. The van der Waals surface area contributed by atoms with E-state index < -0.39 is 0 Å². The summed E-state index contributed by atoms with van der Waals surface area (Å²) in [6.45, 7) is 4.93. The van der Waals surface area contributed by atoms with Crippen LogP contribution in [0.4, 0.5) is 11.6 Å². The highest BCUT2D eigenvalue weighted by molar-refractivity contribution is 6.33. The number of aromatic nitrogens is 2. The van der Waals surface area contributed by atoms with E-state index >= 15 is 0 Å². The third-order valence-electron chi connectivity index (χ3n) is 5.06. The van der Waals surface area contributed by atoms with Gasteiger partial charge in [-0.05, 0) is 37.1 Å². The van der Waals surface area contributed by atoms with Gasteiger partial charge in [-0.2, -0.15) is 0 Å². The molecular formula is C19H22ClN5O. The Hall–Kier alpha value is -2.34. The average Bonchev–Trinajstić information content (AvgIpc) is 3.23. The molecule has 136 valence electrons. The van der Waals surface area contributed by atoms with Crippen molar-refractivity contribution in [2.45, 2.75) is 12.8 Å². The lowest BCUT2D eigenvalue weighted by atomic mass is 10.2. The van der Waals surface area contributed by atoms with E-state index in [4.69, 9.17) is 11.6 Å². The molecule has 1 amide bonds. The molecule has 2 aromatic rings. The van der Waals surface area contributed by atoms with Gasteiger partial charge in [0.1, 0.15) is 0 Å². The van der Waals surface area contributed by atoms with Gasteiger partial charge < -0.3 is 14.7 Å². The van der Waals surface area contributed by atoms with Crippen molar-refractivity contribution in [2.75, 3.05) is 49.1 Å². The third-order valence-corrected chi connectivity index (χ3v) is 5.39. The van der Waals surface area contributed by atoms with Crippen LogP contribution in [0, 0.1) is 0 Å². The summed E-state index contributed by atoms with van der Waals surface area (Å²) in [6, 6.07) is 11.3. The molecular weight excluding hydrogens is 350 g/mol. The Kier molecular flexibility index (Phi) is 4.93. The van der Waals surface area contributed by atoms with Crippen molar-refractivity contribution in [3.63, 3.8) is 0 Å². The lowest BCUT2D eigenvalue weighted by Gasteiger charge is -2.35. The minimum absolute atomic E-state index is 0.00860. The summed E-state index contributed by atoms with van der Waals surface area (Å²) >= 11 is 6.15. The Bertz CT molecular complexity index is 768. The van der Waals surface area contributed by atoms with Crippen LogP contribution in [-0.4, -0.2) is 60.3 Å². The van der Waals surface area contributed by atoms with E-state index in [-0.39, 0.29) is 5.91 Å². The maximum Gasteiger partial charge on any atom is 0.255 e. The number of nitrogens with zero attached hydrogens (tertiary/aromatic N) is 5. The minimum Gasteiger partial charge on any atom is -0.355 e. The van der Waals surface area contributed by atoms with Gasteiger partial charge in [0.15, 0.2) is 11.6 Å². The van der Waals surface area contributed by atoms with Crippen molar-refractivity contribution >= 4 is 29.1 Å². The Morgan fingerprint density at radius 2 is 1.38 bits per heavy atom. The molecule has 2 saturated heterocycles. The minimum atomic E-state index is -0.00860. The third kappa shape index (κ3) is 3.46. The lowest BCUT2D eigenvalue weighted by molar-refractivity contribution is 0.0746. The molecule has 0 bridgehead atoms. The monoisotopic (exact) mass is 371 g/mol. The number of carbonyl (C=O) groups is 1. The van der Waals surface area contributed by atoms with Crippen molar-refractivity contribution in [2.24, 2.45) is 0 Å². The van der Waals surface area contributed by atoms with Crippen LogP contribution in [-0.2, 0) is 0 Å². The van der Waals surface area contributed by atoms with E-state index in [0.29, 0.717) is 23.7 Å². The van der Waals surface area contributed by atoms with E-state index in [1.54, 1.807) is 12.1 Å². The zero-order chi connectivity index (χ0) is 17.9. The Balaban J connectivity index is 1.37. The van der Waals surface area contributed by atoms with Gasteiger partial charge in [-0.1, -0.05) is 23.7 Å². The first-order valence-corrected chi connectivity index (χ1v) is 9.47. The molecule has 6 nitrogen and oxygen atoms in total. The molecule has 7 heteroatoms. The second kappa shape index (κ2) is 7.50. The SMILES string of the molecule is O=C(c1ccccc1Cl)N1CCN(c2ccc(N3CCCC3)nn2)CC1. The summed E-state index contributed by atoms with van der Waals surface area (Å²) in [7, 11) is 0. The van der Waals surface area contributed by atoms with Gasteiger partial charge in [0.2, 0.25) is 0 Å². The first kappa shape index (κ1) is 17.1. The predicted octanol–water partition coefficient (Wildman–Crippen LogP) is 2.69. The zero-order valence-electron chi connectivity index (χ0n) is 14.6. The lowest BCUT2D eigenvalue weighted by Crippen LogP contribution is -2.49. The largest absolute Gasteiger partial charge is 0.355 e. The fourth-order valence-corrected chi connectivity index (χ4v) is 3.76. The molecule has 4 rings (SSSR count). The summed E-state index contributed by atoms with van der Waals surface area (Å²) in [4.78, 5) is 18.9. The maximum absolute atomic E-state index is 12.6. The average molecular weight is 372 g/mol. The van der Waals surface area contributed by atoms with Crippen LogP contribution in [0.25, 0.3) is 0 Å². The Morgan fingerprint density at radius 1 is 0.808 bits per heavy atom. The van der Waals surface area contributed by atoms with Gasteiger partial charge >= 0.3 is 0 Å². The molecule has 0 N–H and O–H groups in total. The number of hydrogen-bond donors (Lipinski definition) is 0. The zero-order valence-corrected chi connectivity index (χ0v) is 15.4. The molecule has 2 aliphatic rings. The smallest absolute Gasteiger partial charge is 0.255 e. The van der Waals surface area contributed by atoms with E-state index in [9.17, 15) is 4.79 Å². The number of hydrogen-bond acceptors (Lipinski definition) is 5. The molecule has 0 unspecified atom stereocenters. The molecule has 0 saturated carbocycles. The summed E-state index contributed by atoms with van der Waals surface area (Å²) in [5.74, 6) is 1.82. The van der Waals surface area contributed by atoms with Gasteiger partial charge in [-0.25, -0.2) is 0 Å². The van der Waals surface area contributed by atoms with E-state index in [2.05, 4.69) is 26.1 Å². The quantitative estimate of drug-likeness (QED) is 0.830. The van der Waals surface area contributed by atoms with Gasteiger partial charge in [0, 0.05) is 39.3 Å². The fourth-order valence-electron chi connectivity index (χ4n) is 3.55. The molecule has 1 aromatic heterocycles. The van der Waals surface area contributed by atoms with Crippen LogP contribution < -0.4 is 9.80 Å². The summed E-state index contributed by atoms with van der Waals surface area (Å²) in [6.07, 6.45) is 2.45. The molecule has 0 atom stereocenters. The topological polar surface area (TPSA) is 52.6 Å².